The predicted molar refractivity (Wildman–Crippen MR) is 63.2 cm³/mol. The third-order valence-corrected chi connectivity index (χ3v) is 5.17. The molecule has 3 heteroatoms. The normalized spacial score (nSPS) is 38.1. The minimum Gasteiger partial charge on any atom is -0.374 e. The number of hydrogen-bond donors (Lipinski definition) is 0. The Kier molecular flexibility index (Phi) is 3.41. The molecule has 0 amide bonds. The maximum absolute atomic E-state index is 11.4. The van der Waals surface area contributed by atoms with Gasteiger partial charge in [-0.25, -0.2) is 0 Å². The first kappa shape index (κ1) is 11.5. The first-order valence-corrected chi connectivity index (χ1v) is 7.01. The van der Waals surface area contributed by atoms with Gasteiger partial charge in [0.15, 0.2) is 0 Å². The fourth-order valence-electron chi connectivity index (χ4n) is 2.69. The van der Waals surface area contributed by atoms with Crippen LogP contribution in [0.1, 0.15) is 33.1 Å². The first-order chi connectivity index (χ1) is 7.13. The quantitative estimate of drug-likeness (QED) is 0.726. The highest BCUT2D eigenvalue weighted by molar-refractivity contribution is 7.99. The molecule has 0 aromatic carbocycles. The van der Waals surface area contributed by atoms with Crippen molar-refractivity contribution in [3.8, 4) is 0 Å². The highest BCUT2D eigenvalue weighted by atomic mass is 32.2. The maximum Gasteiger partial charge on any atom is 0.132 e. The van der Waals surface area contributed by atoms with Crippen LogP contribution in [0.5, 0.6) is 0 Å². The summed E-state index contributed by atoms with van der Waals surface area (Å²) < 4.78 is 5.95. The molecule has 0 radical (unpaired) electrons. The van der Waals surface area contributed by atoms with E-state index in [1.165, 1.54) is 12.2 Å². The predicted octanol–water partition coefficient (Wildman–Crippen LogP) is 2.51. The van der Waals surface area contributed by atoms with Crippen molar-refractivity contribution >= 4 is 17.5 Å². The molecule has 3 unspecified atom stereocenters. The van der Waals surface area contributed by atoms with Crippen LogP contribution in [0.4, 0.5) is 0 Å². The lowest BCUT2D eigenvalue weighted by Crippen LogP contribution is -2.42. The Bertz CT molecular complexity index is 246. The number of carbonyl (C=O) groups is 1. The summed E-state index contributed by atoms with van der Waals surface area (Å²) in [4.78, 5) is 11.4. The van der Waals surface area contributed by atoms with E-state index in [1.54, 1.807) is 6.92 Å². The molecule has 0 aromatic rings. The van der Waals surface area contributed by atoms with Crippen LogP contribution in [0.2, 0.25) is 0 Å². The molecule has 2 saturated heterocycles. The van der Waals surface area contributed by atoms with Gasteiger partial charge >= 0.3 is 0 Å². The fourth-order valence-corrected chi connectivity index (χ4v) is 4.07. The molecule has 0 aromatic heterocycles. The van der Waals surface area contributed by atoms with Crippen molar-refractivity contribution in [2.45, 2.75) is 38.7 Å². The third-order valence-electron chi connectivity index (χ3n) is 3.95. The molecule has 2 fully saturated rings. The zero-order chi connectivity index (χ0) is 10.9. The van der Waals surface area contributed by atoms with Gasteiger partial charge in [0.1, 0.15) is 5.78 Å². The number of rotatable bonds is 2. The van der Waals surface area contributed by atoms with Gasteiger partial charge < -0.3 is 4.74 Å². The lowest BCUT2D eigenvalue weighted by atomic mass is 9.77. The Morgan fingerprint density at radius 3 is 3.00 bits per heavy atom. The standard InChI is InChI=1S/C12H20O2S/c1-9(10(2)13)11-3-5-14-12(7-11)4-6-15-8-12/h9,11H,3-8H2,1-2H3. The van der Waals surface area contributed by atoms with Crippen LogP contribution < -0.4 is 0 Å². The molecule has 2 aliphatic heterocycles. The van der Waals surface area contributed by atoms with Gasteiger partial charge in [-0.1, -0.05) is 6.92 Å². The molecule has 2 heterocycles. The SMILES string of the molecule is CC(=O)C(C)C1CCOC2(CCSC2)C1. The van der Waals surface area contributed by atoms with E-state index in [4.69, 9.17) is 4.74 Å². The van der Waals surface area contributed by atoms with Gasteiger partial charge in [-0.3, -0.25) is 4.79 Å². The van der Waals surface area contributed by atoms with Crippen LogP contribution in [0.25, 0.3) is 0 Å². The summed E-state index contributed by atoms with van der Waals surface area (Å²) in [5, 5.41) is 0. The summed E-state index contributed by atoms with van der Waals surface area (Å²) in [5.41, 5.74) is 0.122. The number of Topliss-reactive ketones (excluding diaryl/α,β-unsaturated/α-hetero) is 1. The van der Waals surface area contributed by atoms with E-state index in [2.05, 4.69) is 6.92 Å². The summed E-state index contributed by atoms with van der Waals surface area (Å²) in [5.74, 6) is 3.46. The molecule has 0 bridgehead atoms. The summed E-state index contributed by atoms with van der Waals surface area (Å²) >= 11 is 1.99. The Balaban J connectivity index is 2.00. The van der Waals surface area contributed by atoms with Gasteiger partial charge in [0, 0.05) is 18.3 Å². The second-order valence-corrected chi connectivity index (χ2v) is 6.09. The van der Waals surface area contributed by atoms with Gasteiger partial charge in [-0.2, -0.15) is 11.8 Å². The topological polar surface area (TPSA) is 26.3 Å². The second kappa shape index (κ2) is 4.46. The molecule has 2 aliphatic rings. The Morgan fingerprint density at radius 1 is 1.60 bits per heavy atom. The average Bonchev–Trinajstić information content (AvgIpc) is 2.65. The number of hydrogen-bond acceptors (Lipinski definition) is 3. The number of ether oxygens (including phenoxy) is 1. The molecule has 1 spiro atoms. The molecule has 0 saturated carbocycles. The average molecular weight is 228 g/mol. The molecule has 2 rings (SSSR count). The van der Waals surface area contributed by atoms with E-state index in [-0.39, 0.29) is 11.5 Å². The molecule has 2 nitrogen and oxygen atoms in total. The highest BCUT2D eigenvalue weighted by Crippen LogP contribution is 2.42. The smallest absolute Gasteiger partial charge is 0.132 e. The van der Waals surface area contributed by atoms with E-state index in [0.29, 0.717) is 11.7 Å². The molecule has 0 aliphatic carbocycles. The van der Waals surface area contributed by atoms with Crippen molar-refractivity contribution in [3.05, 3.63) is 0 Å². The molecular formula is C12H20O2S. The lowest BCUT2D eigenvalue weighted by Gasteiger charge is -2.39. The molecule has 0 N–H and O–H groups in total. The monoisotopic (exact) mass is 228 g/mol. The van der Waals surface area contributed by atoms with E-state index in [9.17, 15) is 4.79 Å². The van der Waals surface area contributed by atoms with Crippen molar-refractivity contribution in [1.29, 1.82) is 0 Å². The largest absolute Gasteiger partial charge is 0.374 e. The molecule has 3 atom stereocenters. The summed E-state index contributed by atoms with van der Waals surface area (Å²) in [7, 11) is 0. The zero-order valence-electron chi connectivity index (χ0n) is 9.62. The fraction of sp³-hybridized carbons (Fsp3) is 0.917. The third kappa shape index (κ3) is 2.39. The van der Waals surface area contributed by atoms with Crippen LogP contribution in [0, 0.1) is 11.8 Å². The van der Waals surface area contributed by atoms with E-state index in [1.807, 2.05) is 11.8 Å². The van der Waals surface area contributed by atoms with Crippen LogP contribution in [-0.4, -0.2) is 29.5 Å². The number of thioether (sulfide) groups is 1. The second-order valence-electron chi connectivity index (χ2n) is 4.99. The molecule has 15 heavy (non-hydrogen) atoms. The van der Waals surface area contributed by atoms with E-state index < -0.39 is 0 Å². The van der Waals surface area contributed by atoms with Crippen LogP contribution in [0.15, 0.2) is 0 Å². The minimum absolute atomic E-state index is 0.122. The van der Waals surface area contributed by atoms with Crippen molar-refractivity contribution < 1.29 is 9.53 Å². The van der Waals surface area contributed by atoms with Crippen molar-refractivity contribution in [2.75, 3.05) is 18.1 Å². The highest BCUT2D eigenvalue weighted by Gasteiger charge is 2.42. The van der Waals surface area contributed by atoms with Gasteiger partial charge in [0.05, 0.1) is 5.60 Å². The van der Waals surface area contributed by atoms with E-state index in [0.717, 1.165) is 25.2 Å². The van der Waals surface area contributed by atoms with Crippen LogP contribution in [-0.2, 0) is 9.53 Å². The Labute approximate surface area is 96.1 Å². The van der Waals surface area contributed by atoms with Gasteiger partial charge in [-0.15, -0.1) is 0 Å². The first-order valence-electron chi connectivity index (χ1n) is 5.85. The lowest BCUT2D eigenvalue weighted by molar-refractivity contribution is -0.127. The van der Waals surface area contributed by atoms with Crippen LogP contribution >= 0.6 is 11.8 Å². The van der Waals surface area contributed by atoms with Gasteiger partial charge in [0.25, 0.3) is 0 Å². The van der Waals surface area contributed by atoms with Gasteiger partial charge in [-0.05, 0) is 37.9 Å². The summed E-state index contributed by atoms with van der Waals surface area (Å²) in [6, 6.07) is 0. The van der Waals surface area contributed by atoms with Crippen molar-refractivity contribution in [1.82, 2.24) is 0 Å². The van der Waals surface area contributed by atoms with Crippen molar-refractivity contribution in [3.63, 3.8) is 0 Å². The summed E-state index contributed by atoms with van der Waals surface area (Å²) in [6.07, 6.45) is 3.34. The van der Waals surface area contributed by atoms with Crippen molar-refractivity contribution in [2.24, 2.45) is 11.8 Å². The Morgan fingerprint density at radius 2 is 2.40 bits per heavy atom. The van der Waals surface area contributed by atoms with E-state index >= 15 is 0 Å². The molecular weight excluding hydrogens is 208 g/mol. The van der Waals surface area contributed by atoms with Crippen LogP contribution in [0.3, 0.4) is 0 Å². The zero-order valence-corrected chi connectivity index (χ0v) is 10.4. The van der Waals surface area contributed by atoms with Gasteiger partial charge in [0.2, 0.25) is 0 Å². The maximum atomic E-state index is 11.4. The number of carbonyl (C=O) groups excluding carboxylic acids is 1. The minimum atomic E-state index is 0.122. The summed E-state index contributed by atoms with van der Waals surface area (Å²) in [6.45, 7) is 4.65. The Hall–Kier alpha value is -0.0200. The molecule has 86 valence electrons. The number of ketones is 1.